The average molecular weight is 249 g/mol. The Bertz CT molecular complexity index is 681. The number of hydrogen-bond acceptors (Lipinski definition) is 3. The van der Waals surface area contributed by atoms with E-state index in [9.17, 15) is 9.90 Å². The van der Waals surface area contributed by atoms with E-state index in [1.165, 1.54) is 6.08 Å². The maximum absolute atomic E-state index is 11.9. The lowest BCUT2D eigenvalue weighted by molar-refractivity contribution is 0.104. The molecule has 0 saturated heterocycles. The van der Waals surface area contributed by atoms with Gasteiger partial charge in [0.2, 0.25) is 0 Å². The normalized spacial score (nSPS) is 10.3. The van der Waals surface area contributed by atoms with E-state index in [4.69, 9.17) is 5.26 Å². The number of carbonyl (C=O) groups is 1. The van der Waals surface area contributed by atoms with Gasteiger partial charge in [-0.25, -0.2) is 0 Å². The third-order valence-corrected chi connectivity index (χ3v) is 2.57. The number of rotatable bonds is 3. The molecule has 19 heavy (non-hydrogen) atoms. The van der Waals surface area contributed by atoms with Gasteiger partial charge in [0, 0.05) is 5.56 Å². The largest absolute Gasteiger partial charge is 0.508 e. The summed E-state index contributed by atoms with van der Waals surface area (Å²) in [6.45, 7) is 0. The van der Waals surface area contributed by atoms with Crippen molar-refractivity contribution in [2.45, 2.75) is 0 Å². The van der Waals surface area contributed by atoms with Crippen molar-refractivity contribution in [3.63, 3.8) is 0 Å². The molecule has 0 spiro atoms. The molecule has 2 rings (SSSR count). The number of hydrogen-bond donors (Lipinski definition) is 1. The molecule has 2 aromatic rings. The topological polar surface area (TPSA) is 61.1 Å². The maximum atomic E-state index is 11.9. The van der Waals surface area contributed by atoms with Crippen LogP contribution in [0.2, 0.25) is 0 Å². The predicted octanol–water partition coefficient (Wildman–Crippen LogP) is 3.16. The lowest BCUT2D eigenvalue weighted by Crippen LogP contribution is -1.94. The van der Waals surface area contributed by atoms with Gasteiger partial charge in [-0.1, -0.05) is 30.3 Å². The van der Waals surface area contributed by atoms with Crippen LogP contribution in [0.1, 0.15) is 21.5 Å². The van der Waals surface area contributed by atoms with Gasteiger partial charge in [0.1, 0.15) is 5.75 Å². The van der Waals surface area contributed by atoms with Crippen molar-refractivity contribution in [1.82, 2.24) is 0 Å². The third-order valence-electron chi connectivity index (χ3n) is 2.57. The minimum atomic E-state index is -0.180. The summed E-state index contributed by atoms with van der Waals surface area (Å²) in [5, 5.41) is 18.1. The molecule has 0 aliphatic rings. The number of nitriles is 1. The molecule has 0 amide bonds. The molecule has 0 bridgehead atoms. The van der Waals surface area contributed by atoms with Gasteiger partial charge in [-0.15, -0.1) is 0 Å². The van der Waals surface area contributed by atoms with Crippen molar-refractivity contribution in [2.75, 3.05) is 0 Å². The first-order chi connectivity index (χ1) is 9.19. The Labute approximate surface area is 111 Å². The second-order valence-corrected chi connectivity index (χ2v) is 3.99. The average Bonchev–Trinajstić information content (AvgIpc) is 2.45. The molecule has 0 radical (unpaired) electrons. The number of ketones is 1. The quantitative estimate of drug-likeness (QED) is 0.671. The van der Waals surface area contributed by atoms with Crippen LogP contribution in [-0.4, -0.2) is 10.9 Å². The van der Waals surface area contributed by atoms with Crippen molar-refractivity contribution < 1.29 is 9.90 Å². The van der Waals surface area contributed by atoms with E-state index in [1.807, 2.05) is 6.07 Å². The number of phenols is 1. The molecule has 0 aromatic heterocycles. The first-order valence-corrected chi connectivity index (χ1v) is 5.70. The molecule has 0 unspecified atom stereocenters. The fourth-order valence-electron chi connectivity index (χ4n) is 1.64. The highest BCUT2D eigenvalue weighted by Gasteiger charge is 2.02. The van der Waals surface area contributed by atoms with Gasteiger partial charge >= 0.3 is 0 Å². The Morgan fingerprint density at radius 1 is 1.16 bits per heavy atom. The summed E-state index contributed by atoms with van der Waals surface area (Å²) < 4.78 is 0. The summed E-state index contributed by atoms with van der Waals surface area (Å²) in [6.07, 6.45) is 3.05. The Hall–Kier alpha value is -2.86. The predicted molar refractivity (Wildman–Crippen MR) is 72.6 cm³/mol. The molecule has 0 atom stereocenters. The number of nitrogens with zero attached hydrogens (tertiary/aromatic N) is 1. The van der Waals surface area contributed by atoms with Gasteiger partial charge in [-0.2, -0.15) is 5.26 Å². The molecule has 0 fully saturated rings. The van der Waals surface area contributed by atoms with E-state index in [-0.39, 0.29) is 11.5 Å². The molecule has 1 N–H and O–H groups in total. The number of carbonyl (C=O) groups excluding carboxylic acids is 1. The van der Waals surface area contributed by atoms with Gasteiger partial charge in [0.15, 0.2) is 5.78 Å². The summed E-state index contributed by atoms with van der Waals surface area (Å²) >= 11 is 0. The van der Waals surface area contributed by atoms with Crippen LogP contribution < -0.4 is 0 Å². The Morgan fingerprint density at radius 2 is 1.95 bits per heavy atom. The summed E-state index contributed by atoms with van der Waals surface area (Å²) in [4.78, 5) is 11.9. The molecule has 3 heteroatoms. The zero-order chi connectivity index (χ0) is 13.7. The van der Waals surface area contributed by atoms with Gasteiger partial charge in [0.05, 0.1) is 11.6 Å². The van der Waals surface area contributed by atoms with Crippen LogP contribution in [0.15, 0.2) is 54.6 Å². The molecule has 3 nitrogen and oxygen atoms in total. The molecular weight excluding hydrogens is 238 g/mol. The van der Waals surface area contributed by atoms with E-state index in [0.29, 0.717) is 11.1 Å². The van der Waals surface area contributed by atoms with Gasteiger partial charge in [0.25, 0.3) is 0 Å². The summed E-state index contributed by atoms with van der Waals surface area (Å²) in [6, 6.07) is 15.2. The Balaban J connectivity index is 2.19. The minimum Gasteiger partial charge on any atom is -0.508 e. The maximum Gasteiger partial charge on any atom is 0.185 e. The smallest absolute Gasteiger partial charge is 0.185 e. The van der Waals surface area contributed by atoms with Crippen molar-refractivity contribution in [2.24, 2.45) is 0 Å². The van der Waals surface area contributed by atoms with Gasteiger partial charge < -0.3 is 5.11 Å². The van der Waals surface area contributed by atoms with Crippen molar-refractivity contribution in [3.05, 3.63) is 71.3 Å². The summed E-state index contributed by atoms with van der Waals surface area (Å²) in [7, 11) is 0. The lowest BCUT2D eigenvalue weighted by atomic mass is 10.1. The van der Waals surface area contributed by atoms with Crippen LogP contribution in [0, 0.1) is 11.3 Å². The van der Waals surface area contributed by atoms with Gasteiger partial charge in [-0.05, 0) is 35.9 Å². The highest BCUT2D eigenvalue weighted by Crippen LogP contribution is 2.13. The molecule has 2 aromatic carbocycles. The van der Waals surface area contributed by atoms with Crippen LogP contribution in [0.25, 0.3) is 6.08 Å². The zero-order valence-corrected chi connectivity index (χ0v) is 10.1. The van der Waals surface area contributed by atoms with E-state index in [2.05, 4.69) is 0 Å². The third kappa shape index (κ3) is 3.30. The molecule has 0 saturated carbocycles. The fourth-order valence-corrected chi connectivity index (χ4v) is 1.64. The molecule has 0 aliphatic heterocycles. The number of aromatic hydroxyl groups is 1. The first-order valence-electron chi connectivity index (χ1n) is 5.70. The van der Waals surface area contributed by atoms with Crippen LogP contribution in [0.3, 0.4) is 0 Å². The van der Waals surface area contributed by atoms with Crippen LogP contribution >= 0.6 is 0 Å². The van der Waals surface area contributed by atoms with Crippen molar-refractivity contribution in [3.8, 4) is 11.8 Å². The monoisotopic (exact) mass is 249 g/mol. The molecule has 0 aliphatic carbocycles. The standard InChI is InChI=1S/C16H11NO2/c17-11-13-4-1-5-14(9-13)16(19)8-7-12-3-2-6-15(18)10-12/h1-10,18H/b8-7+. The number of allylic oxidation sites excluding steroid dienone is 1. The highest BCUT2D eigenvalue weighted by atomic mass is 16.3. The molecular formula is C16H11NO2. The zero-order valence-electron chi connectivity index (χ0n) is 10.1. The fraction of sp³-hybridized carbons (Fsp3) is 0. The molecule has 92 valence electrons. The summed E-state index contributed by atoms with van der Waals surface area (Å²) in [5.74, 6) is -0.0264. The van der Waals surface area contributed by atoms with Crippen LogP contribution in [0.5, 0.6) is 5.75 Å². The van der Waals surface area contributed by atoms with E-state index >= 15 is 0 Å². The second kappa shape index (κ2) is 5.65. The lowest BCUT2D eigenvalue weighted by Gasteiger charge is -1.97. The Morgan fingerprint density at radius 3 is 2.68 bits per heavy atom. The first kappa shape index (κ1) is 12.6. The molecule has 0 heterocycles. The van der Waals surface area contributed by atoms with E-state index < -0.39 is 0 Å². The number of phenolic OH excluding ortho intramolecular Hbond substituents is 1. The van der Waals surface area contributed by atoms with Gasteiger partial charge in [-0.3, -0.25) is 4.79 Å². The van der Waals surface area contributed by atoms with Crippen molar-refractivity contribution >= 4 is 11.9 Å². The van der Waals surface area contributed by atoms with E-state index in [0.717, 1.165) is 5.56 Å². The van der Waals surface area contributed by atoms with E-state index in [1.54, 1.807) is 54.6 Å². The van der Waals surface area contributed by atoms with Crippen molar-refractivity contribution in [1.29, 1.82) is 5.26 Å². The highest BCUT2D eigenvalue weighted by molar-refractivity contribution is 6.07. The minimum absolute atomic E-state index is 0.154. The Kier molecular flexibility index (Phi) is 3.75. The summed E-state index contributed by atoms with van der Waals surface area (Å²) in [5.41, 5.74) is 1.66. The van der Waals surface area contributed by atoms with Crippen LogP contribution in [0.4, 0.5) is 0 Å². The van der Waals surface area contributed by atoms with Crippen LogP contribution in [-0.2, 0) is 0 Å². The second-order valence-electron chi connectivity index (χ2n) is 3.99. The number of benzene rings is 2. The SMILES string of the molecule is N#Cc1cccc(C(=O)/C=C/c2cccc(O)c2)c1.